The molecule has 1 aliphatic rings. The summed E-state index contributed by atoms with van der Waals surface area (Å²) in [6.45, 7) is 5.78. The first kappa shape index (κ1) is 12.3. The van der Waals surface area contributed by atoms with Crippen molar-refractivity contribution < 1.29 is 4.42 Å². The number of likely N-dealkylation sites (tertiary alicyclic amines) is 1. The molecule has 0 spiro atoms. The summed E-state index contributed by atoms with van der Waals surface area (Å²) in [5, 5.41) is 15.0. The number of hydrogen-bond acceptors (Lipinski definition) is 6. The van der Waals surface area contributed by atoms with Crippen molar-refractivity contribution in [2.75, 3.05) is 6.54 Å². The second-order valence-corrected chi connectivity index (χ2v) is 5.19. The van der Waals surface area contributed by atoms with Crippen molar-refractivity contribution in [1.29, 1.82) is 0 Å². The van der Waals surface area contributed by atoms with Crippen molar-refractivity contribution in [3.8, 4) is 0 Å². The van der Waals surface area contributed by atoms with E-state index in [4.69, 9.17) is 4.42 Å². The highest BCUT2D eigenvalue weighted by Crippen LogP contribution is 2.30. The van der Waals surface area contributed by atoms with E-state index in [9.17, 15) is 0 Å². The summed E-state index contributed by atoms with van der Waals surface area (Å²) in [4.78, 5) is 6.55. The van der Waals surface area contributed by atoms with E-state index in [2.05, 4.69) is 30.3 Å². The van der Waals surface area contributed by atoms with Gasteiger partial charge in [-0.15, -0.1) is 10.2 Å². The predicted octanol–water partition coefficient (Wildman–Crippen LogP) is 1.65. The minimum Gasteiger partial charge on any atom is -0.424 e. The molecule has 0 bridgehead atoms. The lowest BCUT2D eigenvalue weighted by atomic mass is 10.2. The fraction of sp³-hybridized carbons (Fsp3) is 0.667. The average Bonchev–Trinajstić information content (AvgIpc) is 3.09. The largest absolute Gasteiger partial charge is 0.424 e. The number of aromatic amines is 1. The number of hydrogen-bond donors (Lipinski definition) is 1. The summed E-state index contributed by atoms with van der Waals surface area (Å²) in [6.07, 6.45) is 3.78. The van der Waals surface area contributed by atoms with E-state index < -0.39 is 0 Å². The van der Waals surface area contributed by atoms with Crippen molar-refractivity contribution in [2.45, 2.75) is 45.2 Å². The quantitative estimate of drug-likeness (QED) is 0.902. The molecule has 0 unspecified atom stereocenters. The Balaban J connectivity index is 1.71. The van der Waals surface area contributed by atoms with Gasteiger partial charge in [0, 0.05) is 5.92 Å². The SMILES string of the molecule is CC(C)c1nnc(CN2CCC[C@H]2c2ncn[nH]2)o1. The lowest BCUT2D eigenvalue weighted by Crippen LogP contribution is -2.23. The topological polar surface area (TPSA) is 83.7 Å². The van der Waals surface area contributed by atoms with Crippen LogP contribution in [0.3, 0.4) is 0 Å². The van der Waals surface area contributed by atoms with E-state index in [-0.39, 0.29) is 12.0 Å². The van der Waals surface area contributed by atoms with Gasteiger partial charge in [-0.2, -0.15) is 5.10 Å². The van der Waals surface area contributed by atoms with Crippen molar-refractivity contribution in [2.24, 2.45) is 0 Å². The summed E-state index contributed by atoms with van der Waals surface area (Å²) in [5.41, 5.74) is 0. The smallest absolute Gasteiger partial charge is 0.230 e. The Bertz CT molecular complexity index is 520. The molecule has 2 aromatic heterocycles. The third-order valence-electron chi connectivity index (χ3n) is 3.43. The van der Waals surface area contributed by atoms with Gasteiger partial charge in [0.05, 0.1) is 12.6 Å². The molecule has 19 heavy (non-hydrogen) atoms. The monoisotopic (exact) mass is 262 g/mol. The standard InChI is InChI=1S/C12H18N6O/c1-8(2)12-17-15-10(19-12)6-18-5-3-4-9(18)11-13-7-14-16-11/h7-9H,3-6H2,1-2H3,(H,13,14,16)/t9-/m0/s1. The second-order valence-electron chi connectivity index (χ2n) is 5.19. The van der Waals surface area contributed by atoms with Crippen LogP contribution in [0.15, 0.2) is 10.7 Å². The highest BCUT2D eigenvalue weighted by atomic mass is 16.4. The molecule has 7 heteroatoms. The van der Waals surface area contributed by atoms with Crippen LogP contribution in [-0.4, -0.2) is 36.8 Å². The molecule has 102 valence electrons. The van der Waals surface area contributed by atoms with E-state index in [0.29, 0.717) is 18.3 Å². The molecule has 7 nitrogen and oxygen atoms in total. The highest BCUT2D eigenvalue weighted by Gasteiger charge is 2.29. The van der Waals surface area contributed by atoms with Crippen LogP contribution in [0.25, 0.3) is 0 Å². The van der Waals surface area contributed by atoms with Crippen LogP contribution in [0.4, 0.5) is 0 Å². The first-order valence-electron chi connectivity index (χ1n) is 6.65. The molecular formula is C12H18N6O. The molecule has 0 saturated carbocycles. The third-order valence-corrected chi connectivity index (χ3v) is 3.43. The molecular weight excluding hydrogens is 244 g/mol. The Morgan fingerprint density at radius 2 is 2.37 bits per heavy atom. The number of H-pyrrole nitrogens is 1. The second kappa shape index (κ2) is 5.08. The van der Waals surface area contributed by atoms with Crippen LogP contribution in [0.5, 0.6) is 0 Å². The average molecular weight is 262 g/mol. The van der Waals surface area contributed by atoms with Crippen LogP contribution in [0, 0.1) is 0 Å². The fourth-order valence-corrected chi connectivity index (χ4v) is 2.44. The van der Waals surface area contributed by atoms with Crippen LogP contribution in [-0.2, 0) is 6.54 Å². The van der Waals surface area contributed by atoms with Crippen LogP contribution < -0.4 is 0 Å². The van der Waals surface area contributed by atoms with E-state index >= 15 is 0 Å². The third kappa shape index (κ3) is 2.51. The summed E-state index contributed by atoms with van der Waals surface area (Å²) >= 11 is 0. The van der Waals surface area contributed by atoms with Crippen LogP contribution in [0.2, 0.25) is 0 Å². The zero-order valence-corrected chi connectivity index (χ0v) is 11.2. The van der Waals surface area contributed by atoms with Gasteiger partial charge < -0.3 is 4.42 Å². The maximum absolute atomic E-state index is 5.66. The lowest BCUT2D eigenvalue weighted by Gasteiger charge is -2.20. The molecule has 1 atom stereocenters. The van der Waals surface area contributed by atoms with E-state index in [1.165, 1.54) is 0 Å². The van der Waals surface area contributed by atoms with Gasteiger partial charge in [0.1, 0.15) is 12.2 Å². The maximum atomic E-state index is 5.66. The minimum atomic E-state index is 0.268. The zero-order valence-electron chi connectivity index (χ0n) is 11.2. The van der Waals surface area contributed by atoms with Gasteiger partial charge >= 0.3 is 0 Å². The Morgan fingerprint density at radius 1 is 1.47 bits per heavy atom. The molecule has 1 fully saturated rings. The number of aromatic nitrogens is 5. The number of nitrogens with zero attached hydrogens (tertiary/aromatic N) is 5. The summed E-state index contributed by atoms with van der Waals surface area (Å²) in [5.74, 6) is 2.56. The Morgan fingerprint density at radius 3 is 3.05 bits per heavy atom. The molecule has 2 aromatic rings. The molecule has 1 aliphatic heterocycles. The summed E-state index contributed by atoms with van der Waals surface area (Å²) in [6, 6.07) is 0.275. The van der Waals surface area contributed by atoms with Gasteiger partial charge in [0.15, 0.2) is 0 Å². The first-order valence-corrected chi connectivity index (χ1v) is 6.65. The van der Waals surface area contributed by atoms with Gasteiger partial charge in [-0.3, -0.25) is 10.00 Å². The van der Waals surface area contributed by atoms with Crippen molar-refractivity contribution in [3.05, 3.63) is 23.9 Å². The maximum Gasteiger partial charge on any atom is 0.230 e. The molecule has 0 amide bonds. The Kier molecular flexibility index (Phi) is 3.29. The fourth-order valence-electron chi connectivity index (χ4n) is 2.44. The molecule has 1 N–H and O–H groups in total. The number of rotatable bonds is 4. The van der Waals surface area contributed by atoms with E-state index in [1.807, 2.05) is 13.8 Å². The minimum absolute atomic E-state index is 0.268. The molecule has 3 rings (SSSR count). The van der Waals surface area contributed by atoms with Gasteiger partial charge in [0.2, 0.25) is 11.8 Å². The van der Waals surface area contributed by atoms with Gasteiger partial charge in [-0.25, -0.2) is 4.98 Å². The molecule has 0 aliphatic carbocycles. The Labute approximate surface area is 111 Å². The van der Waals surface area contributed by atoms with Crippen molar-refractivity contribution in [3.63, 3.8) is 0 Å². The first-order chi connectivity index (χ1) is 9.24. The van der Waals surface area contributed by atoms with E-state index in [1.54, 1.807) is 6.33 Å². The molecule has 0 radical (unpaired) electrons. The molecule has 1 saturated heterocycles. The van der Waals surface area contributed by atoms with Gasteiger partial charge in [0.25, 0.3) is 0 Å². The van der Waals surface area contributed by atoms with E-state index in [0.717, 1.165) is 25.2 Å². The van der Waals surface area contributed by atoms with Crippen molar-refractivity contribution >= 4 is 0 Å². The highest BCUT2D eigenvalue weighted by molar-refractivity contribution is 4.97. The molecule has 0 aromatic carbocycles. The van der Waals surface area contributed by atoms with Crippen LogP contribution >= 0.6 is 0 Å². The van der Waals surface area contributed by atoms with Gasteiger partial charge in [-0.05, 0) is 19.4 Å². The number of nitrogens with one attached hydrogen (secondary N) is 1. The molecule has 3 heterocycles. The summed E-state index contributed by atoms with van der Waals surface area (Å²) in [7, 11) is 0. The van der Waals surface area contributed by atoms with Crippen molar-refractivity contribution in [1.82, 2.24) is 30.3 Å². The predicted molar refractivity (Wildman–Crippen MR) is 67.2 cm³/mol. The van der Waals surface area contributed by atoms with Crippen LogP contribution in [0.1, 0.15) is 56.3 Å². The zero-order chi connectivity index (χ0) is 13.2. The summed E-state index contributed by atoms with van der Waals surface area (Å²) < 4.78 is 5.66. The van der Waals surface area contributed by atoms with Gasteiger partial charge in [-0.1, -0.05) is 13.8 Å². The lowest BCUT2D eigenvalue weighted by molar-refractivity contribution is 0.214. The Hall–Kier alpha value is -1.76. The normalized spacial score (nSPS) is 20.5.